The number of fused-ring (bicyclic) bond motifs is 1. The van der Waals surface area contributed by atoms with Gasteiger partial charge in [-0.3, -0.25) is 9.89 Å². The summed E-state index contributed by atoms with van der Waals surface area (Å²) in [5, 5.41) is 11.4. The average Bonchev–Trinajstić information content (AvgIpc) is 3.26. The summed E-state index contributed by atoms with van der Waals surface area (Å²) in [6, 6.07) is 9.34. The van der Waals surface area contributed by atoms with Crippen molar-refractivity contribution in [1.29, 1.82) is 0 Å². The number of ether oxygens (including phenoxy) is 1. The molecule has 1 aliphatic rings. The lowest BCUT2D eigenvalue weighted by Gasteiger charge is -2.26. The molecule has 0 bridgehead atoms. The molecule has 128 valence electrons. The average molecular weight is 338 g/mol. The Morgan fingerprint density at radius 3 is 2.96 bits per heavy atom. The van der Waals surface area contributed by atoms with Gasteiger partial charge in [-0.25, -0.2) is 9.67 Å². The fourth-order valence-corrected chi connectivity index (χ4v) is 3.03. The zero-order valence-electron chi connectivity index (χ0n) is 14.1. The number of amides is 1. The third-order valence-electron chi connectivity index (χ3n) is 4.25. The standard InChI is InChI=1S/C17H18N6O2/c1-11-18-16-10-22(7-8-23(16)21-11)17(24)14-9-13(19-20-14)12-5-3-4-6-15(12)25-2/h3-6,9H,7-8,10H2,1-2H3,(H,19,20). The molecule has 0 aliphatic carbocycles. The van der Waals surface area contributed by atoms with Crippen LogP contribution < -0.4 is 4.74 Å². The molecule has 8 heteroatoms. The van der Waals surface area contributed by atoms with Gasteiger partial charge >= 0.3 is 0 Å². The first-order valence-electron chi connectivity index (χ1n) is 8.04. The summed E-state index contributed by atoms with van der Waals surface area (Å²) in [6.07, 6.45) is 0. The molecule has 1 aromatic carbocycles. The Morgan fingerprint density at radius 1 is 1.28 bits per heavy atom. The van der Waals surface area contributed by atoms with E-state index < -0.39 is 0 Å². The fourth-order valence-electron chi connectivity index (χ4n) is 3.03. The summed E-state index contributed by atoms with van der Waals surface area (Å²) >= 11 is 0. The maximum Gasteiger partial charge on any atom is 0.272 e. The number of nitrogens with one attached hydrogen (secondary N) is 1. The van der Waals surface area contributed by atoms with Gasteiger partial charge in [0.2, 0.25) is 0 Å². The Morgan fingerprint density at radius 2 is 2.12 bits per heavy atom. The molecule has 3 heterocycles. The topological polar surface area (TPSA) is 88.9 Å². The number of aromatic nitrogens is 5. The summed E-state index contributed by atoms with van der Waals surface area (Å²) < 4.78 is 7.21. The summed E-state index contributed by atoms with van der Waals surface area (Å²) in [5.74, 6) is 2.15. The third kappa shape index (κ3) is 2.75. The molecular formula is C17H18N6O2. The molecule has 0 spiro atoms. The van der Waals surface area contributed by atoms with Gasteiger partial charge in [0, 0.05) is 12.1 Å². The lowest BCUT2D eigenvalue weighted by atomic mass is 10.1. The van der Waals surface area contributed by atoms with Crippen LogP contribution in [0.2, 0.25) is 0 Å². The number of carbonyl (C=O) groups is 1. The van der Waals surface area contributed by atoms with E-state index in [9.17, 15) is 4.79 Å². The number of H-pyrrole nitrogens is 1. The highest BCUT2D eigenvalue weighted by atomic mass is 16.5. The zero-order valence-corrected chi connectivity index (χ0v) is 14.1. The van der Waals surface area contributed by atoms with Crippen molar-refractivity contribution in [1.82, 2.24) is 29.9 Å². The van der Waals surface area contributed by atoms with Gasteiger partial charge < -0.3 is 9.64 Å². The Labute approximate surface area is 144 Å². The summed E-state index contributed by atoms with van der Waals surface area (Å²) in [6.45, 7) is 3.54. The molecule has 2 aromatic heterocycles. The number of benzene rings is 1. The van der Waals surface area contributed by atoms with Crippen molar-refractivity contribution in [3.8, 4) is 17.0 Å². The minimum absolute atomic E-state index is 0.0967. The number of methoxy groups -OCH3 is 1. The van der Waals surface area contributed by atoms with E-state index in [1.165, 1.54) is 0 Å². The first kappa shape index (κ1) is 15.4. The second-order valence-corrected chi connectivity index (χ2v) is 5.89. The van der Waals surface area contributed by atoms with E-state index >= 15 is 0 Å². The second-order valence-electron chi connectivity index (χ2n) is 5.89. The van der Waals surface area contributed by atoms with Crippen molar-refractivity contribution >= 4 is 5.91 Å². The Hall–Kier alpha value is -3.16. The van der Waals surface area contributed by atoms with Crippen molar-refractivity contribution in [2.75, 3.05) is 13.7 Å². The highest BCUT2D eigenvalue weighted by molar-refractivity contribution is 5.93. The molecule has 0 radical (unpaired) electrons. The van der Waals surface area contributed by atoms with Crippen LogP contribution in [-0.2, 0) is 13.1 Å². The van der Waals surface area contributed by atoms with Crippen LogP contribution in [0.15, 0.2) is 30.3 Å². The molecule has 4 rings (SSSR count). The molecule has 1 amide bonds. The lowest BCUT2D eigenvalue weighted by Crippen LogP contribution is -2.38. The summed E-state index contributed by atoms with van der Waals surface area (Å²) in [7, 11) is 1.61. The van der Waals surface area contributed by atoms with Gasteiger partial charge in [-0.2, -0.15) is 10.2 Å². The van der Waals surface area contributed by atoms with Gasteiger partial charge in [0.25, 0.3) is 5.91 Å². The van der Waals surface area contributed by atoms with Crippen molar-refractivity contribution < 1.29 is 9.53 Å². The molecule has 0 fully saturated rings. The quantitative estimate of drug-likeness (QED) is 0.784. The van der Waals surface area contributed by atoms with Crippen LogP contribution in [0.3, 0.4) is 0 Å². The van der Waals surface area contributed by atoms with Gasteiger partial charge in [0.15, 0.2) is 0 Å². The zero-order chi connectivity index (χ0) is 17.4. The fraction of sp³-hybridized carbons (Fsp3) is 0.294. The number of nitrogens with zero attached hydrogens (tertiary/aromatic N) is 5. The molecule has 1 N–H and O–H groups in total. The van der Waals surface area contributed by atoms with E-state index in [0.717, 1.165) is 23.0 Å². The monoisotopic (exact) mass is 338 g/mol. The second kappa shape index (κ2) is 6.04. The molecule has 0 saturated heterocycles. The van der Waals surface area contributed by atoms with Gasteiger partial charge in [-0.05, 0) is 25.1 Å². The van der Waals surface area contributed by atoms with E-state index in [-0.39, 0.29) is 5.91 Å². The number of aromatic amines is 1. The number of hydrogen-bond donors (Lipinski definition) is 1. The van der Waals surface area contributed by atoms with Crippen LogP contribution in [0.1, 0.15) is 22.1 Å². The van der Waals surface area contributed by atoms with E-state index in [4.69, 9.17) is 4.74 Å². The number of aryl methyl sites for hydroxylation is 1. The van der Waals surface area contributed by atoms with Crippen LogP contribution in [0.4, 0.5) is 0 Å². The molecule has 1 aliphatic heterocycles. The van der Waals surface area contributed by atoms with Gasteiger partial charge in [0.1, 0.15) is 23.1 Å². The van der Waals surface area contributed by atoms with Crippen LogP contribution >= 0.6 is 0 Å². The first-order valence-corrected chi connectivity index (χ1v) is 8.04. The van der Waals surface area contributed by atoms with Crippen molar-refractivity contribution in [3.63, 3.8) is 0 Å². The predicted octanol–water partition coefficient (Wildman–Crippen LogP) is 1.64. The maximum absolute atomic E-state index is 12.8. The van der Waals surface area contributed by atoms with E-state index in [2.05, 4.69) is 20.3 Å². The van der Waals surface area contributed by atoms with Crippen LogP contribution in [0.25, 0.3) is 11.3 Å². The largest absolute Gasteiger partial charge is 0.496 e. The smallest absolute Gasteiger partial charge is 0.272 e. The van der Waals surface area contributed by atoms with E-state index in [1.807, 2.05) is 35.9 Å². The van der Waals surface area contributed by atoms with E-state index in [0.29, 0.717) is 31.0 Å². The Kier molecular flexibility index (Phi) is 3.72. The van der Waals surface area contributed by atoms with E-state index in [1.54, 1.807) is 18.1 Å². The van der Waals surface area contributed by atoms with Crippen molar-refractivity contribution in [3.05, 3.63) is 47.7 Å². The first-order chi connectivity index (χ1) is 12.2. The molecule has 0 unspecified atom stereocenters. The van der Waals surface area contributed by atoms with Gasteiger partial charge in [-0.15, -0.1) is 0 Å². The number of rotatable bonds is 3. The molecule has 25 heavy (non-hydrogen) atoms. The lowest BCUT2D eigenvalue weighted by molar-refractivity contribution is 0.0696. The highest BCUT2D eigenvalue weighted by Gasteiger charge is 2.25. The SMILES string of the molecule is COc1ccccc1-c1cc(C(=O)N2CCn3nc(C)nc3C2)[nH]n1. The van der Waals surface area contributed by atoms with Crippen LogP contribution in [0, 0.1) is 6.92 Å². The molecule has 0 saturated carbocycles. The molecule has 8 nitrogen and oxygen atoms in total. The third-order valence-corrected chi connectivity index (χ3v) is 4.25. The van der Waals surface area contributed by atoms with Crippen molar-refractivity contribution in [2.45, 2.75) is 20.0 Å². The van der Waals surface area contributed by atoms with Crippen LogP contribution in [-0.4, -0.2) is 49.4 Å². The summed E-state index contributed by atoms with van der Waals surface area (Å²) in [4.78, 5) is 18.9. The minimum atomic E-state index is -0.0967. The van der Waals surface area contributed by atoms with Crippen LogP contribution in [0.5, 0.6) is 5.75 Å². The molecule has 3 aromatic rings. The number of carbonyl (C=O) groups excluding carboxylic acids is 1. The highest BCUT2D eigenvalue weighted by Crippen LogP contribution is 2.28. The van der Waals surface area contributed by atoms with Gasteiger partial charge in [0.05, 0.1) is 25.9 Å². The van der Waals surface area contributed by atoms with Crippen molar-refractivity contribution in [2.24, 2.45) is 0 Å². The normalized spacial score (nSPS) is 13.6. The Balaban J connectivity index is 1.57. The molecule has 0 atom stereocenters. The predicted molar refractivity (Wildman–Crippen MR) is 90.1 cm³/mol. The minimum Gasteiger partial charge on any atom is -0.496 e. The van der Waals surface area contributed by atoms with Gasteiger partial charge in [-0.1, -0.05) is 12.1 Å². The summed E-state index contributed by atoms with van der Waals surface area (Å²) in [5.41, 5.74) is 1.97. The Bertz CT molecular complexity index is 929. The molecular weight excluding hydrogens is 320 g/mol. The number of para-hydroxylation sites is 1. The maximum atomic E-state index is 12.8. The number of hydrogen-bond acceptors (Lipinski definition) is 5.